The van der Waals surface area contributed by atoms with E-state index in [1.807, 2.05) is 31.3 Å². The van der Waals surface area contributed by atoms with Crippen LogP contribution in [0.3, 0.4) is 0 Å². The average molecular weight is 383 g/mol. The molecule has 1 aromatic heterocycles. The van der Waals surface area contributed by atoms with Crippen molar-refractivity contribution in [3.63, 3.8) is 0 Å². The minimum Gasteiger partial charge on any atom is -0.289 e. The monoisotopic (exact) mass is 383 g/mol. The van der Waals surface area contributed by atoms with Crippen molar-refractivity contribution in [3.05, 3.63) is 70.9 Å². The zero-order valence-corrected chi connectivity index (χ0v) is 15.4. The van der Waals surface area contributed by atoms with Gasteiger partial charge in [-0.1, -0.05) is 24.3 Å². The van der Waals surface area contributed by atoms with E-state index in [1.54, 1.807) is 16.4 Å². The summed E-state index contributed by atoms with van der Waals surface area (Å²) in [6.07, 6.45) is 4.05. The molecule has 2 aromatic carbocycles. The van der Waals surface area contributed by atoms with Crippen LogP contribution in [0.5, 0.6) is 0 Å². The molecule has 2 atom stereocenters. The number of hydroxylamine groups is 1. The summed E-state index contributed by atoms with van der Waals surface area (Å²) >= 11 is 0. The lowest BCUT2D eigenvalue weighted by Gasteiger charge is -2.20. The van der Waals surface area contributed by atoms with Gasteiger partial charge in [-0.25, -0.2) is 14.3 Å². The SMILES string of the molecule is Cc1c(C2C=C(c3ccc4cnn(C)c4c3)CC2C(=O)NO)ccc(F)c1F. The fourth-order valence-electron chi connectivity index (χ4n) is 4.00. The molecule has 0 spiro atoms. The van der Waals surface area contributed by atoms with Crippen LogP contribution in [0.15, 0.2) is 42.6 Å². The minimum atomic E-state index is -0.923. The lowest BCUT2D eigenvalue weighted by atomic mass is 9.85. The lowest BCUT2D eigenvalue weighted by Crippen LogP contribution is -2.30. The van der Waals surface area contributed by atoms with Gasteiger partial charge in [-0.2, -0.15) is 5.10 Å². The summed E-state index contributed by atoms with van der Waals surface area (Å²) in [6.45, 7) is 1.50. The van der Waals surface area contributed by atoms with Crippen molar-refractivity contribution < 1.29 is 18.8 Å². The molecule has 1 heterocycles. The first kappa shape index (κ1) is 18.3. The Kier molecular flexibility index (Phi) is 4.47. The maximum Gasteiger partial charge on any atom is 0.247 e. The Hall–Kier alpha value is -3.06. The number of allylic oxidation sites excluding steroid dienone is 2. The molecule has 28 heavy (non-hydrogen) atoms. The summed E-state index contributed by atoms with van der Waals surface area (Å²) in [4.78, 5) is 12.3. The fourth-order valence-corrected chi connectivity index (χ4v) is 4.00. The largest absolute Gasteiger partial charge is 0.289 e. The summed E-state index contributed by atoms with van der Waals surface area (Å²) in [5, 5.41) is 14.4. The lowest BCUT2D eigenvalue weighted by molar-refractivity contribution is -0.133. The number of fused-ring (bicyclic) bond motifs is 1. The van der Waals surface area contributed by atoms with Crippen molar-refractivity contribution >= 4 is 22.4 Å². The topological polar surface area (TPSA) is 67.2 Å². The quantitative estimate of drug-likeness (QED) is 0.533. The summed E-state index contributed by atoms with van der Waals surface area (Å²) in [5.74, 6) is -3.49. The molecule has 1 amide bonds. The predicted molar refractivity (Wildman–Crippen MR) is 101 cm³/mol. The van der Waals surface area contributed by atoms with Gasteiger partial charge in [0.1, 0.15) is 0 Å². The number of benzene rings is 2. The van der Waals surface area contributed by atoms with Crippen molar-refractivity contribution in [2.24, 2.45) is 13.0 Å². The highest BCUT2D eigenvalue weighted by Gasteiger charge is 2.36. The number of carbonyl (C=O) groups excluding carboxylic acids is 1. The van der Waals surface area contributed by atoms with E-state index >= 15 is 0 Å². The van der Waals surface area contributed by atoms with Crippen LogP contribution in [0.4, 0.5) is 8.78 Å². The van der Waals surface area contributed by atoms with Crippen molar-refractivity contribution in [1.29, 1.82) is 0 Å². The third-order valence-electron chi connectivity index (χ3n) is 5.56. The Morgan fingerprint density at radius 2 is 2.07 bits per heavy atom. The van der Waals surface area contributed by atoms with Gasteiger partial charge in [0, 0.05) is 18.4 Å². The molecule has 1 aliphatic carbocycles. The number of hydrogen-bond donors (Lipinski definition) is 2. The number of carbonyl (C=O) groups is 1. The van der Waals surface area contributed by atoms with Crippen molar-refractivity contribution in [2.45, 2.75) is 19.3 Å². The Morgan fingerprint density at radius 3 is 2.82 bits per heavy atom. The summed E-state index contributed by atoms with van der Waals surface area (Å²) in [6, 6.07) is 8.46. The van der Waals surface area contributed by atoms with E-state index in [0.717, 1.165) is 28.1 Å². The van der Waals surface area contributed by atoms with Crippen LogP contribution in [0.2, 0.25) is 0 Å². The van der Waals surface area contributed by atoms with E-state index in [1.165, 1.54) is 13.0 Å². The first-order chi connectivity index (χ1) is 13.4. The number of aromatic nitrogens is 2. The van der Waals surface area contributed by atoms with Crippen LogP contribution >= 0.6 is 0 Å². The standard InChI is InChI=1S/C21H19F2N3O2/c1-11-15(5-6-18(22)20(11)23)16-7-14(8-17(16)21(27)25-28)12-3-4-13-10-24-26(2)19(13)9-12/h3-7,9-10,16-17,28H,8H2,1-2H3,(H,25,27). The molecule has 5 nitrogen and oxygen atoms in total. The minimum absolute atomic E-state index is 0.167. The molecule has 4 rings (SSSR count). The predicted octanol–water partition coefficient (Wildman–Crippen LogP) is 3.85. The van der Waals surface area contributed by atoms with Crippen LogP contribution in [0, 0.1) is 24.5 Å². The van der Waals surface area contributed by atoms with Gasteiger partial charge in [0.25, 0.3) is 0 Å². The van der Waals surface area contributed by atoms with Gasteiger partial charge in [0.2, 0.25) is 5.91 Å². The summed E-state index contributed by atoms with van der Waals surface area (Å²) in [7, 11) is 1.85. The normalized spacial score (nSPS) is 19.1. The molecule has 2 unspecified atom stereocenters. The number of rotatable bonds is 3. The van der Waals surface area contributed by atoms with Gasteiger partial charge in [0.05, 0.1) is 17.6 Å². The molecule has 0 aliphatic heterocycles. The zero-order chi connectivity index (χ0) is 20.0. The highest BCUT2D eigenvalue weighted by atomic mass is 19.2. The van der Waals surface area contributed by atoms with Gasteiger partial charge < -0.3 is 0 Å². The van der Waals surface area contributed by atoms with Crippen molar-refractivity contribution in [1.82, 2.24) is 15.3 Å². The van der Waals surface area contributed by atoms with Crippen LogP contribution in [-0.2, 0) is 11.8 Å². The van der Waals surface area contributed by atoms with E-state index in [4.69, 9.17) is 5.21 Å². The first-order valence-electron chi connectivity index (χ1n) is 8.92. The summed E-state index contributed by atoms with van der Waals surface area (Å²) < 4.78 is 29.4. The van der Waals surface area contributed by atoms with E-state index in [-0.39, 0.29) is 5.56 Å². The third-order valence-corrected chi connectivity index (χ3v) is 5.56. The second-order valence-electron chi connectivity index (χ2n) is 7.12. The molecular formula is C21H19F2N3O2. The molecule has 0 fully saturated rings. The maximum atomic E-state index is 14.1. The van der Waals surface area contributed by atoms with E-state index in [0.29, 0.717) is 12.0 Å². The Balaban J connectivity index is 1.80. The number of nitrogens with one attached hydrogen (secondary N) is 1. The van der Waals surface area contributed by atoms with Crippen LogP contribution in [-0.4, -0.2) is 20.9 Å². The van der Waals surface area contributed by atoms with E-state index in [9.17, 15) is 13.6 Å². The average Bonchev–Trinajstić information content (AvgIpc) is 3.30. The Labute approximate surface area is 160 Å². The van der Waals surface area contributed by atoms with Gasteiger partial charge in [-0.15, -0.1) is 0 Å². The maximum absolute atomic E-state index is 14.1. The van der Waals surface area contributed by atoms with Crippen molar-refractivity contribution in [3.8, 4) is 0 Å². The van der Waals surface area contributed by atoms with Crippen molar-refractivity contribution in [2.75, 3.05) is 0 Å². The van der Waals surface area contributed by atoms with E-state index < -0.39 is 29.4 Å². The Morgan fingerprint density at radius 1 is 1.29 bits per heavy atom. The molecule has 0 saturated heterocycles. The van der Waals surface area contributed by atoms with Gasteiger partial charge in [-0.3, -0.25) is 14.7 Å². The van der Waals surface area contributed by atoms with Gasteiger partial charge >= 0.3 is 0 Å². The highest BCUT2D eigenvalue weighted by molar-refractivity contribution is 5.88. The van der Waals surface area contributed by atoms with Crippen LogP contribution < -0.4 is 5.48 Å². The molecular weight excluding hydrogens is 364 g/mol. The first-order valence-corrected chi connectivity index (χ1v) is 8.92. The molecule has 1 aliphatic rings. The molecule has 7 heteroatoms. The zero-order valence-electron chi connectivity index (χ0n) is 15.4. The molecule has 2 N–H and O–H groups in total. The number of aryl methyl sites for hydroxylation is 1. The number of halogens is 2. The molecule has 144 valence electrons. The third kappa shape index (κ3) is 2.88. The molecule has 0 bridgehead atoms. The molecule has 0 radical (unpaired) electrons. The van der Waals surface area contributed by atoms with Gasteiger partial charge in [-0.05, 0) is 47.7 Å². The fraction of sp³-hybridized carbons (Fsp3) is 0.238. The smallest absolute Gasteiger partial charge is 0.247 e. The number of amides is 1. The highest BCUT2D eigenvalue weighted by Crippen LogP contribution is 2.44. The summed E-state index contributed by atoms with van der Waals surface area (Å²) in [5.41, 5.74) is 5.19. The van der Waals surface area contributed by atoms with E-state index in [2.05, 4.69) is 5.10 Å². The molecule has 3 aromatic rings. The second-order valence-corrected chi connectivity index (χ2v) is 7.12. The molecule has 0 saturated carbocycles. The number of hydrogen-bond acceptors (Lipinski definition) is 3. The van der Waals surface area contributed by atoms with Crippen LogP contribution in [0.1, 0.15) is 29.0 Å². The second kappa shape index (κ2) is 6.83. The number of nitrogens with zero attached hydrogens (tertiary/aromatic N) is 2. The Bertz CT molecular complexity index is 1120. The van der Waals surface area contributed by atoms with Crippen LogP contribution in [0.25, 0.3) is 16.5 Å². The van der Waals surface area contributed by atoms with Gasteiger partial charge in [0.15, 0.2) is 11.6 Å².